The van der Waals surface area contributed by atoms with Gasteiger partial charge in [0.2, 0.25) is 0 Å². The van der Waals surface area contributed by atoms with Crippen molar-refractivity contribution in [1.82, 2.24) is 11.0 Å². The maximum absolute atomic E-state index is 11.1. The molecule has 0 aromatic heterocycles. The molecule has 0 aliphatic carbocycles. The standard InChI is InChI=1S/C11H14N2O3/c1-9(11(14)13-15-2)12-16-8-10-6-4-3-5-7-10/h3-7,12H,1,8H2,2H3,(H,13,14). The molecular formula is C11H14N2O3. The molecule has 0 unspecified atom stereocenters. The third kappa shape index (κ3) is 4.12. The van der Waals surface area contributed by atoms with Gasteiger partial charge in [0, 0.05) is 0 Å². The van der Waals surface area contributed by atoms with Crippen LogP contribution in [0.2, 0.25) is 0 Å². The molecule has 0 fully saturated rings. The van der Waals surface area contributed by atoms with Crippen molar-refractivity contribution in [2.24, 2.45) is 0 Å². The van der Waals surface area contributed by atoms with E-state index >= 15 is 0 Å². The topological polar surface area (TPSA) is 59.6 Å². The largest absolute Gasteiger partial charge is 0.292 e. The molecule has 0 atom stereocenters. The van der Waals surface area contributed by atoms with E-state index in [-0.39, 0.29) is 5.70 Å². The lowest BCUT2D eigenvalue weighted by molar-refractivity contribution is -0.129. The van der Waals surface area contributed by atoms with E-state index in [9.17, 15) is 4.79 Å². The molecule has 0 aliphatic heterocycles. The first-order valence-electron chi connectivity index (χ1n) is 4.68. The van der Waals surface area contributed by atoms with Gasteiger partial charge >= 0.3 is 0 Å². The van der Waals surface area contributed by atoms with Crippen molar-refractivity contribution in [1.29, 1.82) is 0 Å². The van der Waals surface area contributed by atoms with Gasteiger partial charge in [0.15, 0.2) is 0 Å². The van der Waals surface area contributed by atoms with Gasteiger partial charge in [-0.1, -0.05) is 36.9 Å². The first-order chi connectivity index (χ1) is 7.74. The Kier molecular flexibility index (Phi) is 5.04. The summed E-state index contributed by atoms with van der Waals surface area (Å²) < 4.78 is 0. The quantitative estimate of drug-likeness (QED) is 0.554. The summed E-state index contributed by atoms with van der Waals surface area (Å²) in [5.74, 6) is -0.476. The molecule has 1 aromatic carbocycles. The van der Waals surface area contributed by atoms with Gasteiger partial charge in [-0.3, -0.25) is 19.9 Å². The minimum absolute atomic E-state index is 0.0813. The molecular weight excluding hydrogens is 208 g/mol. The van der Waals surface area contributed by atoms with Crippen molar-refractivity contribution < 1.29 is 14.5 Å². The fraction of sp³-hybridized carbons (Fsp3) is 0.182. The first-order valence-corrected chi connectivity index (χ1v) is 4.68. The number of carbonyl (C=O) groups is 1. The van der Waals surface area contributed by atoms with Gasteiger partial charge in [0.25, 0.3) is 5.91 Å². The Labute approximate surface area is 94.0 Å². The number of hydroxylamine groups is 2. The van der Waals surface area contributed by atoms with Crippen LogP contribution in [0.15, 0.2) is 42.6 Å². The minimum atomic E-state index is -0.476. The number of amides is 1. The Bertz CT molecular complexity index is 352. The monoisotopic (exact) mass is 222 g/mol. The average Bonchev–Trinajstić information content (AvgIpc) is 2.30. The number of benzene rings is 1. The van der Waals surface area contributed by atoms with Crippen molar-refractivity contribution in [2.45, 2.75) is 6.61 Å². The number of carbonyl (C=O) groups excluding carboxylic acids is 1. The molecule has 0 saturated carbocycles. The van der Waals surface area contributed by atoms with E-state index in [2.05, 4.69) is 22.4 Å². The lowest BCUT2D eigenvalue weighted by Gasteiger charge is -2.08. The predicted octanol–water partition coefficient (Wildman–Crippen LogP) is 0.899. The molecule has 0 spiro atoms. The lowest BCUT2D eigenvalue weighted by atomic mass is 10.2. The summed E-state index contributed by atoms with van der Waals surface area (Å²) in [4.78, 5) is 20.6. The highest BCUT2D eigenvalue weighted by molar-refractivity contribution is 5.91. The van der Waals surface area contributed by atoms with Gasteiger partial charge in [-0.05, 0) is 5.56 Å². The lowest BCUT2D eigenvalue weighted by Crippen LogP contribution is -2.30. The van der Waals surface area contributed by atoms with Crippen molar-refractivity contribution in [3.63, 3.8) is 0 Å². The average molecular weight is 222 g/mol. The fourth-order valence-electron chi connectivity index (χ4n) is 0.981. The molecule has 0 heterocycles. The predicted molar refractivity (Wildman–Crippen MR) is 58.7 cm³/mol. The molecule has 2 N–H and O–H groups in total. The van der Waals surface area contributed by atoms with Gasteiger partial charge in [0.1, 0.15) is 5.70 Å². The van der Waals surface area contributed by atoms with Crippen molar-refractivity contribution in [3.05, 3.63) is 48.2 Å². The van der Waals surface area contributed by atoms with Gasteiger partial charge in [0.05, 0.1) is 13.7 Å². The molecule has 0 saturated heterocycles. The van der Waals surface area contributed by atoms with Crippen LogP contribution in [0, 0.1) is 0 Å². The van der Waals surface area contributed by atoms with Crippen LogP contribution in [0.1, 0.15) is 5.56 Å². The molecule has 0 radical (unpaired) electrons. The molecule has 86 valence electrons. The van der Waals surface area contributed by atoms with Gasteiger partial charge in [-0.15, -0.1) is 0 Å². The minimum Gasteiger partial charge on any atom is -0.277 e. The SMILES string of the molecule is C=C(NOCc1ccccc1)C(=O)NOC. The number of rotatable bonds is 6. The van der Waals surface area contributed by atoms with Gasteiger partial charge in [-0.25, -0.2) is 5.48 Å². The van der Waals surface area contributed by atoms with Crippen LogP contribution in [0.3, 0.4) is 0 Å². The van der Waals surface area contributed by atoms with Gasteiger partial charge in [-0.2, -0.15) is 0 Å². The van der Waals surface area contributed by atoms with Crippen LogP contribution >= 0.6 is 0 Å². The van der Waals surface area contributed by atoms with Gasteiger partial charge < -0.3 is 0 Å². The van der Waals surface area contributed by atoms with Crippen molar-refractivity contribution >= 4 is 5.91 Å². The summed E-state index contributed by atoms with van der Waals surface area (Å²) in [7, 11) is 1.34. The van der Waals surface area contributed by atoms with Crippen molar-refractivity contribution in [3.8, 4) is 0 Å². The second-order valence-electron chi connectivity index (χ2n) is 2.99. The highest BCUT2D eigenvalue weighted by Gasteiger charge is 2.05. The fourth-order valence-corrected chi connectivity index (χ4v) is 0.981. The molecule has 5 heteroatoms. The Morgan fingerprint density at radius 1 is 1.31 bits per heavy atom. The summed E-state index contributed by atoms with van der Waals surface area (Å²) in [6, 6.07) is 9.57. The van der Waals surface area contributed by atoms with Crippen LogP contribution in [0.4, 0.5) is 0 Å². The van der Waals surface area contributed by atoms with E-state index in [0.29, 0.717) is 6.61 Å². The zero-order chi connectivity index (χ0) is 11.8. The van der Waals surface area contributed by atoms with E-state index in [4.69, 9.17) is 4.84 Å². The van der Waals surface area contributed by atoms with E-state index in [0.717, 1.165) is 5.56 Å². The molecule has 0 aliphatic rings. The molecule has 16 heavy (non-hydrogen) atoms. The number of hydrogen-bond donors (Lipinski definition) is 2. The molecule has 0 bridgehead atoms. The summed E-state index contributed by atoms with van der Waals surface area (Å²) in [5.41, 5.74) is 5.62. The smallest absolute Gasteiger partial charge is 0.277 e. The van der Waals surface area contributed by atoms with E-state index in [1.807, 2.05) is 30.3 Å². The van der Waals surface area contributed by atoms with E-state index < -0.39 is 5.91 Å². The zero-order valence-corrected chi connectivity index (χ0v) is 9.03. The Morgan fingerprint density at radius 2 is 2.00 bits per heavy atom. The van der Waals surface area contributed by atoms with Crippen LogP contribution in [-0.2, 0) is 21.1 Å². The van der Waals surface area contributed by atoms with Crippen molar-refractivity contribution in [2.75, 3.05) is 7.11 Å². The molecule has 5 nitrogen and oxygen atoms in total. The second kappa shape index (κ2) is 6.60. The maximum Gasteiger partial charge on any atom is 0.292 e. The van der Waals surface area contributed by atoms with E-state index in [1.54, 1.807) is 0 Å². The number of nitrogens with one attached hydrogen (secondary N) is 2. The normalized spacial score (nSPS) is 9.56. The Morgan fingerprint density at radius 3 is 2.62 bits per heavy atom. The van der Waals surface area contributed by atoms with Crippen LogP contribution in [0.5, 0.6) is 0 Å². The highest BCUT2D eigenvalue weighted by Crippen LogP contribution is 1.99. The zero-order valence-electron chi connectivity index (χ0n) is 9.03. The third-order valence-electron chi connectivity index (χ3n) is 1.75. The summed E-state index contributed by atoms with van der Waals surface area (Å²) >= 11 is 0. The maximum atomic E-state index is 11.1. The molecule has 1 aromatic rings. The summed E-state index contributed by atoms with van der Waals surface area (Å²) in [6.45, 7) is 3.82. The van der Waals surface area contributed by atoms with Crippen LogP contribution in [0.25, 0.3) is 0 Å². The molecule has 1 rings (SSSR count). The first kappa shape index (κ1) is 12.2. The summed E-state index contributed by atoms with van der Waals surface area (Å²) in [6.07, 6.45) is 0. The van der Waals surface area contributed by atoms with Crippen LogP contribution in [-0.4, -0.2) is 13.0 Å². The molecule has 1 amide bonds. The Balaban J connectivity index is 2.26. The van der Waals surface area contributed by atoms with E-state index in [1.165, 1.54) is 7.11 Å². The third-order valence-corrected chi connectivity index (χ3v) is 1.75. The Hall–Kier alpha value is -1.85. The second-order valence-corrected chi connectivity index (χ2v) is 2.99. The van der Waals surface area contributed by atoms with Crippen LogP contribution < -0.4 is 11.0 Å². The summed E-state index contributed by atoms with van der Waals surface area (Å²) in [5, 5.41) is 0. The number of hydrogen-bond acceptors (Lipinski definition) is 4. The highest BCUT2D eigenvalue weighted by atomic mass is 16.7.